The normalized spacial score (nSPS) is 10.1. The number of aryl methyl sites for hydroxylation is 1. The lowest BCUT2D eigenvalue weighted by Crippen LogP contribution is -2.21. The third kappa shape index (κ3) is 3.63. The summed E-state index contributed by atoms with van der Waals surface area (Å²) < 4.78 is 5.46. The number of carboxylic acid groups (broad SMARTS) is 1. The van der Waals surface area contributed by atoms with E-state index in [2.05, 4.69) is 5.32 Å². The maximum atomic E-state index is 11.9. The van der Waals surface area contributed by atoms with Crippen molar-refractivity contribution in [3.8, 4) is 5.75 Å². The zero-order valence-electron chi connectivity index (χ0n) is 12.4. The van der Waals surface area contributed by atoms with Crippen molar-refractivity contribution < 1.29 is 19.4 Å². The van der Waals surface area contributed by atoms with Gasteiger partial charge >= 0.3 is 5.97 Å². The van der Waals surface area contributed by atoms with Gasteiger partial charge in [-0.25, -0.2) is 4.79 Å². The number of hydrogen-bond acceptors (Lipinski definition) is 3. The summed E-state index contributed by atoms with van der Waals surface area (Å²) in [5, 5.41) is 11.7. The highest BCUT2D eigenvalue weighted by atomic mass is 16.5. The van der Waals surface area contributed by atoms with Gasteiger partial charge < -0.3 is 15.2 Å². The van der Waals surface area contributed by atoms with Gasteiger partial charge in [0.15, 0.2) is 6.61 Å². The van der Waals surface area contributed by atoms with E-state index in [1.54, 1.807) is 25.1 Å². The molecule has 0 spiro atoms. The lowest BCUT2D eigenvalue weighted by molar-refractivity contribution is -0.118. The Morgan fingerprint density at radius 1 is 1.09 bits per heavy atom. The minimum atomic E-state index is -1.02. The van der Waals surface area contributed by atoms with Gasteiger partial charge in [-0.3, -0.25) is 4.79 Å². The fourth-order valence-corrected chi connectivity index (χ4v) is 2.05. The molecule has 0 aliphatic carbocycles. The third-order valence-electron chi connectivity index (χ3n) is 3.29. The number of nitrogens with one attached hydrogen (secondary N) is 1. The monoisotopic (exact) mass is 299 g/mol. The van der Waals surface area contributed by atoms with Gasteiger partial charge in [-0.1, -0.05) is 24.3 Å². The number of amides is 1. The highest BCUT2D eigenvalue weighted by molar-refractivity contribution is 5.96. The molecule has 2 aromatic carbocycles. The van der Waals surface area contributed by atoms with Crippen molar-refractivity contribution in [3.63, 3.8) is 0 Å². The van der Waals surface area contributed by atoms with Crippen molar-refractivity contribution in [1.29, 1.82) is 0 Å². The summed E-state index contributed by atoms with van der Waals surface area (Å²) in [4.78, 5) is 23.0. The lowest BCUT2D eigenvalue weighted by Gasteiger charge is -2.12. The van der Waals surface area contributed by atoms with E-state index >= 15 is 0 Å². The molecule has 5 nitrogen and oxygen atoms in total. The topological polar surface area (TPSA) is 75.6 Å². The molecule has 0 atom stereocenters. The fourth-order valence-electron chi connectivity index (χ4n) is 2.05. The van der Waals surface area contributed by atoms with Crippen LogP contribution in [-0.4, -0.2) is 23.6 Å². The molecule has 0 saturated carbocycles. The van der Waals surface area contributed by atoms with Crippen LogP contribution in [0.25, 0.3) is 0 Å². The van der Waals surface area contributed by atoms with Crippen LogP contribution in [0, 0.1) is 13.8 Å². The molecule has 2 aromatic rings. The van der Waals surface area contributed by atoms with Gasteiger partial charge in [0.25, 0.3) is 5.91 Å². The number of ether oxygens (including phenoxy) is 1. The van der Waals surface area contributed by atoms with Crippen molar-refractivity contribution in [2.24, 2.45) is 0 Å². The van der Waals surface area contributed by atoms with Gasteiger partial charge in [0.1, 0.15) is 5.75 Å². The summed E-state index contributed by atoms with van der Waals surface area (Å²) in [5.74, 6) is -0.715. The molecule has 22 heavy (non-hydrogen) atoms. The Hall–Kier alpha value is -2.82. The van der Waals surface area contributed by atoms with E-state index in [-0.39, 0.29) is 18.1 Å². The molecular formula is C17H17NO4. The van der Waals surface area contributed by atoms with Crippen molar-refractivity contribution in [1.82, 2.24) is 0 Å². The second kappa shape index (κ2) is 6.76. The first-order chi connectivity index (χ1) is 10.5. The van der Waals surface area contributed by atoms with Gasteiger partial charge in [0.05, 0.1) is 5.56 Å². The second-order valence-electron chi connectivity index (χ2n) is 4.89. The Kier molecular flexibility index (Phi) is 4.78. The SMILES string of the molecule is Cc1ccccc1OCC(=O)Nc1cccc(C(=O)O)c1C. The molecule has 1 amide bonds. The number of aromatic carboxylic acids is 1. The second-order valence-corrected chi connectivity index (χ2v) is 4.89. The Bertz CT molecular complexity index is 710. The number of carbonyl (C=O) groups excluding carboxylic acids is 1. The number of carboxylic acids is 1. The van der Waals surface area contributed by atoms with Gasteiger partial charge in [0, 0.05) is 5.69 Å². The van der Waals surface area contributed by atoms with Crippen LogP contribution >= 0.6 is 0 Å². The average molecular weight is 299 g/mol. The summed E-state index contributed by atoms with van der Waals surface area (Å²) in [7, 11) is 0. The van der Waals surface area contributed by atoms with Crippen molar-refractivity contribution in [2.45, 2.75) is 13.8 Å². The summed E-state index contributed by atoms with van der Waals surface area (Å²) >= 11 is 0. The van der Waals surface area contributed by atoms with Crippen LogP contribution < -0.4 is 10.1 Å². The average Bonchev–Trinajstić information content (AvgIpc) is 2.48. The first kappa shape index (κ1) is 15.6. The van der Waals surface area contributed by atoms with E-state index in [1.807, 2.05) is 25.1 Å². The van der Waals surface area contributed by atoms with Crippen LogP contribution in [0.3, 0.4) is 0 Å². The van der Waals surface area contributed by atoms with Crippen LogP contribution in [0.2, 0.25) is 0 Å². The Morgan fingerprint density at radius 3 is 2.50 bits per heavy atom. The summed E-state index contributed by atoms with van der Waals surface area (Å²) in [5.41, 5.74) is 2.09. The van der Waals surface area contributed by atoms with E-state index in [0.29, 0.717) is 17.0 Å². The van der Waals surface area contributed by atoms with Crippen LogP contribution in [0.5, 0.6) is 5.75 Å². The van der Waals surface area contributed by atoms with Gasteiger partial charge in [-0.2, -0.15) is 0 Å². The van der Waals surface area contributed by atoms with Crippen LogP contribution in [0.15, 0.2) is 42.5 Å². The predicted molar refractivity (Wildman–Crippen MR) is 83.4 cm³/mol. The molecule has 0 radical (unpaired) electrons. The first-order valence-corrected chi connectivity index (χ1v) is 6.80. The molecule has 0 aliphatic rings. The molecule has 2 N–H and O–H groups in total. The molecule has 114 valence electrons. The maximum absolute atomic E-state index is 11.9. The van der Waals surface area contributed by atoms with Gasteiger partial charge in [0.2, 0.25) is 0 Å². The Morgan fingerprint density at radius 2 is 1.82 bits per heavy atom. The van der Waals surface area contributed by atoms with E-state index in [4.69, 9.17) is 9.84 Å². The summed E-state index contributed by atoms with van der Waals surface area (Å²) in [6, 6.07) is 12.2. The van der Waals surface area contributed by atoms with Crippen LogP contribution in [0.4, 0.5) is 5.69 Å². The molecule has 0 bridgehead atoms. The number of para-hydroxylation sites is 1. The van der Waals surface area contributed by atoms with E-state index in [9.17, 15) is 9.59 Å². The van der Waals surface area contributed by atoms with Gasteiger partial charge in [-0.05, 0) is 43.2 Å². The number of rotatable bonds is 5. The minimum absolute atomic E-state index is 0.137. The Labute approximate surface area is 128 Å². The number of anilines is 1. The molecule has 2 rings (SSSR count). The summed E-state index contributed by atoms with van der Waals surface area (Å²) in [6.45, 7) is 3.41. The molecule has 5 heteroatoms. The Balaban J connectivity index is 2.02. The molecule has 0 heterocycles. The number of benzene rings is 2. The summed E-state index contributed by atoms with van der Waals surface area (Å²) in [6.07, 6.45) is 0. The maximum Gasteiger partial charge on any atom is 0.336 e. The molecule has 0 saturated heterocycles. The molecule has 0 fully saturated rings. The quantitative estimate of drug-likeness (QED) is 0.890. The van der Waals surface area contributed by atoms with Crippen LogP contribution in [0.1, 0.15) is 21.5 Å². The minimum Gasteiger partial charge on any atom is -0.483 e. The third-order valence-corrected chi connectivity index (χ3v) is 3.29. The van der Waals surface area contributed by atoms with Crippen molar-refractivity contribution >= 4 is 17.6 Å². The van der Waals surface area contributed by atoms with Crippen LogP contribution in [-0.2, 0) is 4.79 Å². The van der Waals surface area contributed by atoms with E-state index in [0.717, 1.165) is 5.56 Å². The molecule has 0 aliphatic heterocycles. The number of hydrogen-bond donors (Lipinski definition) is 2. The van der Waals surface area contributed by atoms with Gasteiger partial charge in [-0.15, -0.1) is 0 Å². The van der Waals surface area contributed by atoms with Crippen molar-refractivity contribution in [2.75, 3.05) is 11.9 Å². The predicted octanol–water partition coefficient (Wildman–Crippen LogP) is 3.02. The fraction of sp³-hybridized carbons (Fsp3) is 0.176. The zero-order chi connectivity index (χ0) is 16.1. The van der Waals surface area contributed by atoms with E-state index < -0.39 is 5.97 Å². The number of carbonyl (C=O) groups is 2. The molecule has 0 aromatic heterocycles. The smallest absolute Gasteiger partial charge is 0.336 e. The lowest BCUT2D eigenvalue weighted by atomic mass is 10.1. The molecule has 0 unspecified atom stereocenters. The molecular weight excluding hydrogens is 282 g/mol. The zero-order valence-corrected chi connectivity index (χ0v) is 12.4. The highest BCUT2D eigenvalue weighted by Crippen LogP contribution is 2.19. The largest absolute Gasteiger partial charge is 0.483 e. The highest BCUT2D eigenvalue weighted by Gasteiger charge is 2.12. The first-order valence-electron chi connectivity index (χ1n) is 6.80. The van der Waals surface area contributed by atoms with Crippen molar-refractivity contribution in [3.05, 3.63) is 59.2 Å². The standard InChI is InChI=1S/C17H17NO4/c1-11-6-3-4-9-15(11)22-10-16(19)18-14-8-5-7-13(12(14)2)17(20)21/h3-9H,10H2,1-2H3,(H,18,19)(H,20,21). The van der Waals surface area contributed by atoms with E-state index in [1.165, 1.54) is 6.07 Å².